The lowest BCUT2D eigenvalue weighted by Gasteiger charge is -2.07. The van der Waals surface area contributed by atoms with Gasteiger partial charge in [0.15, 0.2) is 0 Å². The summed E-state index contributed by atoms with van der Waals surface area (Å²) < 4.78 is 0. The number of nitrogens with one attached hydrogen (secondary N) is 1. The van der Waals surface area contributed by atoms with Crippen molar-refractivity contribution in [2.75, 3.05) is 14.1 Å². The lowest BCUT2D eigenvalue weighted by molar-refractivity contribution is 0.404. The molecular formula is C13H14N2. The molecule has 2 heteroatoms. The fourth-order valence-electron chi connectivity index (χ4n) is 1.75. The molecule has 76 valence electrons. The predicted octanol–water partition coefficient (Wildman–Crippen LogP) is 2.21. The maximum absolute atomic E-state index is 5.36. The first-order valence-corrected chi connectivity index (χ1v) is 4.92. The molecule has 0 unspecified atom stereocenters. The summed E-state index contributed by atoms with van der Waals surface area (Å²) in [5.74, 6) is 2.64. The molecule has 0 spiro atoms. The number of nitrogens with zero attached hydrogens (tertiary/aromatic N) is 1. The molecule has 0 aliphatic carbocycles. The van der Waals surface area contributed by atoms with Gasteiger partial charge in [0, 0.05) is 29.2 Å². The molecule has 0 atom stereocenters. The number of aromatic amines is 1. The van der Waals surface area contributed by atoms with Gasteiger partial charge in [0.2, 0.25) is 0 Å². The van der Waals surface area contributed by atoms with Crippen LogP contribution in [0.1, 0.15) is 11.1 Å². The number of aromatic nitrogens is 1. The highest BCUT2D eigenvalue weighted by Crippen LogP contribution is 2.20. The minimum absolute atomic E-state index is 0.917. The largest absolute Gasteiger partial charge is 0.361 e. The molecule has 1 N–H and O–H groups in total. The molecular weight excluding hydrogens is 184 g/mol. The highest BCUT2D eigenvalue weighted by atomic mass is 15.0. The van der Waals surface area contributed by atoms with E-state index in [-0.39, 0.29) is 0 Å². The third kappa shape index (κ3) is 1.88. The van der Waals surface area contributed by atoms with Crippen molar-refractivity contribution >= 4 is 10.9 Å². The van der Waals surface area contributed by atoms with Gasteiger partial charge in [0.25, 0.3) is 0 Å². The molecule has 0 saturated carbocycles. The Morgan fingerprint density at radius 3 is 2.87 bits per heavy atom. The van der Waals surface area contributed by atoms with E-state index in [2.05, 4.69) is 36.0 Å². The Labute approximate surface area is 89.9 Å². The third-order valence-electron chi connectivity index (χ3n) is 2.42. The molecule has 1 aromatic heterocycles. The van der Waals surface area contributed by atoms with Crippen LogP contribution in [0.4, 0.5) is 0 Å². The number of hydrogen-bond donors (Lipinski definition) is 1. The molecule has 2 nitrogen and oxygen atoms in total. The van der Waals surface area contributed by atoms with E-state index in [4.69, 9.17) is 6.42 Å². The molecule has 1 heterocycles. The standard InChI is InChI=1S/C13H14N2/c1-4-10-5-6-12-11(9-15(2)3)8-14-13(12)7-10/h1,5-8,14H,9H2,2-3H3. The number of hydrogen-bond acceptors (Lipinski definition) is 1. The summed E-state index contributed by atoms with van der Waals surface area (Å²) in [6.45, 7) is 0.940. The van der Waals surface area contributed by atoms with Crippen molar-refractivity contribution in [2.24, 2.45) is 0 Å². The second-order valence-electron chi connectivity index (χ2n) is 3.96. The van der Waals surface area contributed by atoms with E-state index >= 15 is 0 Å². The Hall–Kier alpha value is -1.72. The second-order valence-corrected chi connectivity index (χ2v) is 3.96. The van der Waals surface area contributed by atoms with Crippen molar-refractivity contribution in [2.45, 2.75) is 6.54 Å². The van der Waals surface area contributed by atoms with Crippen LogP contribution in [0, 0.1) is 12.3 Å². The average Bonchev–Trinajstić information content (AvgIpc) is 2.60. The first-order valence-electron chi connectivity index (χ1n) is 4.92. The minimum atomic E-state index is 0.917. The van der Waals surface area contributed by atoms with Crippen LogP contribution in [0.5, 0.6) is 0 Å². The zero-order valence-corrected chi connectivity index (χ0v) is 9.04. The Kier molecular flexibility index (Phi) is 2.49. The van der Waals surface area contributed by atoms with E-state index in [1.807, 2.05) is 18.3 Å². The van der Waals surface area contributed by atoms with Gasteiger partial charge in [-0.1, -0.05) is 12.0 Å². The molecule has 2 aromatic rings. The molecule has 0 saturated heterocycles. The average molecular weight is 198 g/mol. The first kappa shape index (κ1) is 9.82. The number of terminal acetylenes is 1. The summed E-state index contributed by atoms with van der Waals surface area (Å²) in [5, 5.41) is 1.25. The molecule has 0 aliphatic heterocycles. The summed E-state index contributed by atoms with van der Waals surface area (Å²) in [6.07, 6.45) is 7.40. The van der Waals surface area contributed by atoms with Gasteiger partial charge in [0.1, 0.15) is 0 Å². The Morgan fingerprint density at radius 2 is 2.20 bits per heavy atom. The summed E-state index contributed by atoms with van der Waals surface area (Å²) in [6, 6.07) is 6.07. The van der Waals surface area contributed by atoms with Gasteiger partial charge in [-0.05, 0) is 31.8 Å². The monoisotopic (exact) mass is 198 g/mol. The van der Waals surface area contributed by atoms with Crippen LogP contribution in [0.3, 0.4) is 0 Å². The van der Waals surface area contributed by atoms with Gasteiger partial charge in [-0.25, -0.2) is 0 Å². The molecule has 0 radical (unpaired) electrons. The van der Waals surface area contributed by atoms with Crippen LogP contribution >= 0.6 is 0 Å². The van der Waals surface area contributed by atoms with Gasteiger partial charge in [-0.15, -0.1) is 6.42 Å². The minimum Gasteiger partial charge on any atom is -0.361 e. The maximum atomic E-state index is 5.36. The summed E-state index contributed by atoms with van der Waals surface area (Å²) >= 11 is 0. The van der Waals surface area contributed by atoms with Crippen LogP contribution in [0.15, 0.2) is 24.4 Å². The lowest BCUT2D eigenvalue weighted by atomic mass is 10.1. The van der Waals surface area contributed by atoms with E-state index in [1.165, 1.54) is 10.9 Å². The fourth-order valence-corrected chi connectivity index (χ4v) is 1.75. The highest BCUT2D eigenvalue weighted by Gasteiger charge is 2.04. The zero-order valence-electron chi connectivity index (χ0n) is 9.04. The summed E-state index contributed by atoms with van der Waals surface area (Å²) in [4.78, 5) is 5.40. The number of fused-ring (bicyclic) bond motifs is 1. The second kappa shape index (κ2) is 3.80. The quantitative estimate of drug-likeness (QED) is 0.733. The van der Waals surface area contributed by atoms with Gasteiger partial charge >= 0.3 is 0 Å². The van der Waals surface area contributed by atoms with E-state index in [9.17, 15) is 0 Å². The summed E-state index contributed by atoms with van der Waals surface area (Å²) in [7, 11) is 4.13. The van der Waals surface area contributed by atoms with Crippen molar-refractivity contribution in [3.8, 4) is 12.3 Å². The van der Waals surface area contributed by atoms with Crippen molar-refractivity contribution in [3.05, 3.63) is 35.5 Å². The van der Waals surface area contributed by atoms with E-state index in [0.717, 1.165) is 17.6 Å². The SMILES string of the molecule is C#Cc1ccc2c(CN(C)C)c[nH]c2c1. The molecule has 0 fully saturated rings. The molecule has 0 bridgehead atoms. The van der Waals surface area contributed by atoms with Gasteiger partial charge in [-0.3, -0.25) is 0 Å². The Morgan fingerprint density at radius 1 is 1.40 bits per heavy atom. The zero-order chi connectivity index (χ0) is 10.8. The van der Waals surface area contributed by atoms with E-state index in [1.54, 1.807) is 0 Å². The van der Waals surface area contributed by atoms with E-state index < -0.39 is 0 Å². The molecule has 0 amide bonds. The third-order valence-corrected chi connectivity index (χ3v) is 2.42. The Balaban J connectivity index is 2.48. The van der Waals surface area contributed by atoms with Crippen LogP contribution < -0.4 is 0 Å². The smallest absolute Gasteiger partial charge is 0.0469 e. The predicted molar refractivity (Wildman–Crippen MR) is 63.6 cm³/mol. The fraction of sp³-hybridized carbons (Fsp3) is 0.231. The molecule has 15 heavy (non-hydrogen) atoms. The van der Waals surface area contributed by atoms with Crippen molar-refractivity contribution in [1.82, 2.24) is 9.88 Å². The molecule has 1 aromatic carbocycles. The Bertz CT molecular complexity index is 515. The van der Waals surface area contributed by atoms with Crippen LogP contribution in [0.2, 0.25) is 0 Å². The normalized spacial score (nSPS) is 10.8. The lowest BCUT2D eigenvalue weighted by Crippen LogP contribution is -2.09. The number of rotatable bonds is 2. The topological polar surface area (TPSA) is 19.0 Å². The van der Waals surface area contributed by atoms with Crippen molar-refractivity contribution < 1.29 is 0 Å². The molecule has 0 aliphatic rings. The van der Waals surface area contributed by atoms with Gasteiger partial charge < -0.3 is 9.88 Å². The van der Waals surface area contributed by atoms with Crippen LogP contribution in [-0.4, -0.2) is 24.0 Å². The van der Waals surface area contributed by atoms with Crippen molar-refractivity contribution in [3.63, 3.8) is 0 Å². The van der Waals surface area contributed by atoms with Crippen LogP contribution in [-0.2, 0) is 6.54 Å². The molecule has 2 rings (SSSR count). The maximum Gasteiger partial charge on any atom is 0.0469 e. The van der Waals surface area contributed by atoms with Crippen molar-refractivity contribution in [1.29, 1.82) is 0 Å². The number of H-pyrrole nitrogens is 1. The van der Waals surface area contributed by atoms with Gasteiger partial charge in [0.05, 0.1) is 0 Å². The summed E-state index contributed by atoms with van der Waals surface area (Å²) in [5.41, 5.74) is 3.33. The first-order chi connectivity index (χ1) is 7.20. The number of benzene rings is 1. The van der Waals surface area contributed by atoms with E-state index in [0.29, 0.717) is 0 Å². The van der Waals surface area contributed by atoms with Crippen LogP contribution in [0.25, 0.3) is 10.9 Å². The van der Waals surface area contributed by atoms with Gasteiger partial charge in [-0.2, -0.15) is 0 Å². The highest BCUT2D eigenvalue weighted by molar-refractivity contribution is 5.84.